The van der Waals surface area contributed by atoms with Crippen molar-refractivity contribution < 1.29 is 64.5 Å². The summed E-state index contributed by atoms with van der Waals surface area (Å²) < 4.78 is 93.0. The summed E-state index contributed by atoms with van der Waals surface area (Å²) in [7, 11) is 0. The first-order chi connectivity index (χ1) is 20.7. The average Bonchev–Trinajstić information content (AvgIpc) is 2.98. The Labute approximate surface area is 253 Å². The number of fused-ring (bicyclic) bond motifs is 1. The fourth-order valence-electron chi connectivity index (χ4n) is 3.63. The molecule has 0 unspecified atom stereocenters. The highest BCUT2D eigenvalue weighted by atomic mass is 19.4. The molecule has 2 atom stereocenters. The summed E-state index contributed by atoms with van der Waals surface area (Å²) in [5.41, 5.74) is -0.816. The standard InChI is InChI=1S/C26H33F6N5O8/c1-14-20(36-19(39)12-18(38)35-13-25(28,29)26(30,31)32)21(40)37(16-11-15(27)5-6-17(16)44-14)9-10-43-22(41)33-7-8-34-23(42)45-24(2,3)4/h5-6,11,14,20H,7-10,12-13H2,1-4H3,(H,33,41)(H,34,42)(H,35,38)(H,36,39)/t14-,20+/m1/s1. The summed E-state index contributed by atoms with van der Waals surface area (Å²) in [4.78, 5) is 62.4. The number of rotatable bonds is 11. The zero-order valence-electron chi connectivity index (χ0n) is 24.6. The number of alkyl carbamates (subject to hydrolysis) is 2. The molecule has 1 aliphatic rings. The van der Waals surface area contributed by atoms with Gasteiger partial charge in [-0.15, -0.1) is 0 Å². The zero-order valence-corrected chi connectivity index (χ0v) is 24.6. The van der Waals surface area contributed by atoms with Crippen molar-refractivity contribution in [3.8, 4) is 5.75 Å². The van der Waals surface area contributed by atoms with Gasteiger partial charge in [-0.1, -0.05) is 0 Å². The van der Waals surface area contributed by atoms with Gasteiger partial charge in [0.1, 0.15) is 42.3 Å². The third kappa shape index (κ3) is 11.5. The zero-order chi connectivity index (χ0) is 34.2. The van der Waals surface area contributed by atoms with Crippen LogP contribution in [0, 0.1) is 5.82 Å². The van der Waals surface area contributed by atoms with Crippen LogP contribution >= 0.6 is 0 Å². The van der Waals surface area contributed by atoms with Crippen molar-refractivity contribution >= 4 is 35.6 Å². The van der Waals surface area contributed by atoms with Crippen LogP contribution in [0.3, 0.4) is 0 Å². The summed E-state index contributed by atoms with van der Waals surface area (Å²) in [6, 6.07) is 1.63. The SMILES string of the molecule is C[C@H]1Oc2ccc(F)cc2N(CCOC(=O)NCCNC(=O)OC(C)(C)C)C(=O)[C@H]1NC(=O)CC(=O)NCC(F)(F)C(F)(F)F. The second kappa shape index (κ2) is 15.0. The highest BCUT2D eigenvalue weighted by Crippen LogP contribution is 2.35. The molecule has 0 spiro atoms. The fourth-order valence-corrected chi connectivity index (χ4v) is 3.63. The first-order valence-corrected chi connectivity index (χ1v) is 13.4. The summed E-state index contributed by atoms with van der Waals surface area (Å²) in [5.74, 6) is -9.61. The lowest BCUT2D eigenvalue weighted by Gasteiger charge is -2.26. The van der Waals surface area contributed by atoms with Crippen molar-refractivity contribution in [2.75, 3.05) is 37.7 Å². The molecule has 0 saturated carbocycles. The Balaban J connectivity index is 2.00. The van der Waals surface area contributed by atoms with E-state index < -0.39 is 85.1 Å². The molecule has 1 heterocycles. The van der Waals surface area contributed by atoms with Crippen LogP contribution in [-0.4, -0.2) is 92.5 Å². The van der Waals surface area contributed by atoms with Crippen molar-refractivity contribution in [3.05, 3.63) is 24.0 Å². The Morgan fingerprint density at radius 2 is 1.58 bits per heavy atom. The molecular formula is C26H33F6N5O8. The van der Waals surface area contributed by atoms with Crippen LogP contribution in [0.4, 0.5) is 41.6 Å². The molecule has 4 N–H and O–H groups in total. The predicted molar refractivity (Wildman–Crippen MR) is 143 cm³/mol. The molecule has 0 radical (unpaired) electrons. The Hall–Kier alpha value is -4.45. The highest BCUT2D eigenvalue weighted by molar-refractivity contribution is 6.03. The van der Waals surface area contributed by atoms with Gasteiger partial charge in [-0.2, -0.15) is 22.0 Å². The van der Waals surface area contributed by atoms with Crippen LogP contribution in [0.1, 0.15) is 34.1 Å². The third-order valence-electron chi connectivity index (χ3n) is 5.70. The summed E-state index contributed by atoms with van der Waals surface area (Å²) in [6.07, 6.45) is -9.92. The van der Waals surface area contributed by atoms with E-state index in [-0.39, 0.29) is 31.1 Å². The minimum absolute atomic E-state index is 0.000656. The molecule has 0 saturated heterocycles. The highest BCUT2D eigenvalue weighted by Gasteiger charge is 2.57. The number of nitrogens with one attached hydrogen (secondary N) is 4. The molecule has 0 bridgehead atoms. The number of hydrogen-bond donors (Lipinski definition) is 4. The molecule has 1 aromatic carbocycles. The largest absolute Gasteiger partial charge is 0.486 e. The molecule has 1 aromatic rings. The molecule has 5 amide bonds. The molecule has 2 rings (SSSR count). The average molecular weight is 658 g/mol. The Kier molecular flexibility index (Phi) is 12.3. The van der Waals surface area contributed by atoms with E-state index in [4.69, 9.17) is 14.2 Å². The summed E-state index contributed by atoms with van der Waals surface area (Å²) >= 11 is 0. The van der Waals surface area contributed by atoms with Gasteiger partial charge in [-0.05, 0) is 39.8 Å². The lowest BCUT2D eigenvalue weighted by atomic mass is 10.1. The van der Waals surface area contributed by atoms with Crippen molar-refractivity contribution in [3.63, 3.8) is 0 Å². The van der Waals surface area contributed by atoms with E-state index in [1.807, 2.05) is 0 Å². The molecule has 13 nitrogen and oxygen atoms in total. The number of benzene rings is 1. The van der Waals surface area contributed by atoms with Crippen LogP contribution < -0.4 is 30.9 Å². The Morgan fingerprint density at radius 1 is 0.956 bits per heavy atom. The molecule has 0 fully saturated rings. The van der Waals surface area contributed by atoms with E-state index in [9.17, 15) is 50.3 Å². The molecule has 45 heavy (non-hydrogen) atoms. The quantitative estimate of drug-likeness (QED) is 0.160. The smallest absolute Gasteiger partial charge is 0.455 e. The number of alkyl halides is 5. The maximum Gasteiger partial charge on any atom is 0.455 e. The fraction of sp³-hybridized carbons (Fsp3) is 0.577. The lowest BCUT2D eigenvalue weighted by molar-refractivity contribution is -0.278. The predicted octanol–water partition coefficient (Wildman–Crippen LogP) is 2.38. The van der Waals surface area contributed by atoms with Crippen LogP contribution in [0.15, 0.2) is 18.2 Å². The molecule has 19 heteroatoms. The normalized spacial score (nSPS) is 16.8. The monoisotopic (exact) mass is 657 g/mol. The van der Waals surface area contributed by atoms with Crippen LogP contribution in [0.2, 0.25) is 0 Å². The van der Waals surface area contributed by atoms with Gasteiger partial charge < -0.3 is 40.4 Å². The second-order valence-corrected chi connectivity index (χ2v) is 10.6. The van der Waals surface area contributed by atoms with Gasteiger partial charge in [-0.3, -0.25) is 14.4 Å². The van der Waals surface area contributed by atoms with E-state index in [1.165, 1.54) is 18.3 Å². The van der Waals surface area contributed by atoms with Gasteiger partial charge in [0.2, 0.25) is 11.8 Å². The molecule has 1 aliphatic heterocycles. The number of carbonyl (C=O) groups is 5. The van der Waals surface area contributed by atoms with Gasteiger partial charge >= 0.3 is 24.3 Å². The molecule has 0 aliphatic carbocycles. The topological polar surface area (TPSA) is 164 Å². The van der Waals surface area contributed by atoms with Gasteiger partial charge in [0.15, 0.2) is 0 Å². The lowest BCUT2D eigenvalue weighted by Crippen LogP contribution is -2.55. The number of halogens is 6. The van der Waals surface area contributed by atoms with E-state index in [0.717, 1.165) is 17.0 Å². The van der Waals surface area contributed by atoms with Crippen LogP contribution in [0.5, 0.6) is 5.75 Å². The Morgan fingerprint density at radius 3 is 2.18 bits per heavy atom. The summed E-state index contributed by atoms with van der Waals surface area (Å²) in [6.45, 7) is 3.38. The van der Waals surface area contributed by atoms with Crippen molar-refractivity contribution in [2.45, 2.75) is 64.0 Å². The Bertz CT molecular complexity index is 1260. The second-order valence-electron chi connectivity index (χ2n) is 10.6. The number of anilines is 1. The van der Waals surface area contributed by atoms with E-state index >= 15 is 0 Å². The van der Waals surface area contributed by atoms with E-state index in [0.29, 0.717) is 0 Å². The number of hydrogen-bond acceptors (Lipinski definition) is 8. The number of carbonyl (C=O) groups excluding carboxylic acids is 5. The van der Waals surface area contributed by atoms with Crippen molar-refractivity contribution in [2.24, 2.45) is 0 Å². The van der Waals surface area contributed by atoms with E-state index in [2.05, 4.69) is 16.0 Å². The number of amides is 5. The first kappa shape index (κ1) is 36.7. The van der Waals surface area contributed by atoms with Gasteiger partial charge in [0.25, 0.3) is 5.91 Å². The summed E-state index contributed by atoms with van der Waals surface area (Å²) in [5, 5.41) is 8.25. The van der Waals surface area contributed by atoms with Crippen LogP contribution in [-0.2, 0) is 23.9 Å². The van der Waals surface area contributed by atoms with Crippen molar-refractivity contribution in [1.82, 2.24) is 21.3 Å². The first-order valence-electron chi connectivity index (χ1n) is 13.4. The third-order valence-corrected chi connectivity index (χ3v) is 5.70. The minimum atomic E-state index is -5.93. The maximum absolute atomic E-state index is 14.1. The molecule has 0 aromatic heterocycles. The van der Waals surface area contributed by atoms with Crippen molar-refractivity contribution in [1.29, 1.82) is 0 Å². The molecule has 252 valence electrons. The maximum atomic E-state index is 14.1. The number of ether oxygens (including phenoxy) is 3. The van der Waals surface area contributed by atoms with Gasteiger partial charge in [-0.25, -0.2) is 14.0 Å². The van der Waals surface area contributed by atoms with Crippen LogP contribution in [0.25, 0.3) is 0 Å². The van der Waals surface area contributed by atoms with Gasteiger partial charge in [0.05, 0.1) is 18.8 Å². The van der Waals surface area contributed by atoms with Gasteiger partial charge in [0, 0.05) is 19.2 Å². The molecular weight excluding hydrogens is 624 g/mol. The number of nitrogens with zero attached hydrogens (tertiary/aromatic N) is 1. The van der Waals surface area contributed by atoms with E-state index in [1.54, 1.807) is 20.8 Å². The minimum Gasteiger partial charge on any atom is -0.486 e.